The molecule has 0 unspecified atom stereocenters. The molecule has 1 heterocycles. The van der Waals surface area contributed by atoms with Crippen LogP contribution in [0.5, 0.6) is 5.75 Å². The molecule has 39 heavy (non-hydrogen) atoms. The van der Waals surface area contributed by atoms with Gasteiger partial charge in [-0.3, -0.25) is 0 Å². The Kier molecular flexibility index (Phi) is 8.74. The first-order valence-corrected chi connectivity index (χ1v) is 12.7. The molecule has 0 aliphatic heterocycles. The van der Waals surface area contributed by atoms with Crippen molar-refractivity contribution in [2.75, 3.05) is 7.11 Å². The standard InChI is InChI=1S/C32H30N2O5/c1-3-4-21-34-31(25-13-7-23(8-14-25)10-20-29(37)38)30(24-11-5-22(6-12-24)9-19-28(35)36)33-32(34)26-15-17-27(39-2)18-16-26/h5-20H,3-4,21H2,1-2H3,(H,35,36)(H,37,38). The van der Waals surface area contributed by atoms with Gasteiger partial charge in [-0.25, -0.2) is 14.6 Å². The summed E-state index contributed by atoms with van der Waals surface area (Å²) < 4.78 is 7.58. The van der Waals surface area contributed by atoms with Gasteiger partial charge in [0.15, 0.2) is 0 Å². The molecule has 7 nitrogen and oxygen atoms in total. The van der Waals surface area contributed by atoms with Crippen LogP contribution in [0.4, 0.5) is 0 Å². The summed E-state index contributed by atoms with van der Waals surface area (Å²) in [6, 6.07) is 23.2. The van der Waals surface area contributed by atoms with Crippen LogP contribution in [-0.4, -0.2) is 38.8 Å². The van der Waals surface area contributed by atoms with E-state index in [1.807, 2.05) is 72.8 Å². The minimum absolute atomic E-state index is 0.764. The van der Waals surface area contributed by atoms with Gasteiger partial charge >= 0.3 is 11.9 Å². The number of carboxylic acids is 2. The van der Waals surface area contributed by atoms with Crippen LogP contribution in [-0.2, 0) is 16.1 Å². The monoisotopic (exact) mass is 522 g/mol. The molecule has 0 saturated heterocycles. The predicted molar refractivity (Wildman–Crippen MR) is 153 cm³/mol. The second-order valence-electron chi connectivity index (χ2n) is 8.95. The van der Waals surface area contributed by atoms with E-state index >= 15 is 0 Å². The third-order valence-electron chi connectivity index (χ3n) is 6.26. The fourth-order valence-corrected chi connectivity index (χ4v) is 4.28. The van der Waals surface area contributed by atoms with Crippen LogP contribution < -0.4 is 4.74 Å². The Bertz CT molecular complexity index is 1500. The first-order valence-electron chi connectivity index (χ1n) is 12.7. The average Bonchev–Trinajstić information content (AvgIpc) is 3.33. The topological polar surface area (TPSA) is 102 Å². The van der Waals surface area contributed by atoms with Crippen molar-refractivity contribution < 1.29 is 24.5 Å². The second-order valence-corrected chi connectivity index (χ2v) is 8.95. The Hall–Kier alpha value is -4.91. The van der Waals surface area contributed by atoms with Crippen molar-refractivity contribution in [3.63, 3.8) is 0 Å². The number of carbonyl (C=O) groups is 2. The Balaban J connectivity index is 1.89. The molecule has 0 atom stereocenters. The van der Waals surface area contributed by atoms with Gasteiger partial charge in [-0.2, -0.15) is 0 Å². The van der Waals surface area contributed by atoms with Gasteiger partial charge in [0.25, 0.3) is 0 Å². The third-order valence-corrected chi connectivity index (χ3v) is 6.26. The SMILES string of the molecule is CCCCn1c(-c2ccc(OC)cc2)nc(-c2ccc(C=CC(=O)O)cc2)c1-c1ccc(C=CC(=O)O)cc1. The molecule has 4 rings (SSSR count). The van der Waals surface area contributed by atoms with Gasteiger partial charge < -0.3 is 19.5 Å². The first-order chi connectivity index (χ1) is 18.9. The lowest BCUT2D eigenvalue weighted by atomic mass is 10.0. The molecule has 7 heteroatoms. The normalized spacial score (nSPS) is 11.3. The van der Waals surface area contributed by atoms with E-state index in [1.165, 1.54) is 0 Å². The number of benzene rings is 3. The Morgan fingerprint density at radius 2 is 1.31 bits per heavy atom. The van der Waals surface area contributed by atoms with E-state index in [1.54, 1.807) is 19.3 Å². The fraction of sp³-hybridized carbons (Fsp3) is 0.156. The van der Waals surface area contributed by atoms with Gasteiger partial charge in [0.05, 0.1) is 18.5 Å². The molecule has 0 radical (unpaired) electrons. The van der Waals surface area contributed by atoms with Crippen molar-refractivity contribution in [3.8, 4) is 39.7 Å². The fourth-order valence-electron chi connectivity index (χ4n) is 4.28. The first kappa shape index (κ1) is 27.1. The van der Waals surface area contributed by atoms with E-state index < -0.39 is 11.9 Å². The lowest BCUT2D eigenvalue weighted by molar-refractivity contribution is -0.132. The van der Waals surface area contributed by atoms with Crippen LogP contribution in [0, 0.1) is 0 Å². The van der Waals surface area contributed by atoms with E-state index in [0.717, 1.165) is 82.3 Å². The molecule has 3 aromatic carbocycles. The Morgan fingerprint density at radius 1 is 0.795 bits per heavy atom. The summed E-state index contributed by atoms with van der Waals surface area (Å²) in [5.41, 5.74) is 6.14. The maximum Gasteiger partial charge on any atom is 0.328 e. The molecule has 0 amide bonds. The van der Waals surface area contributed by atoms with Gasteiger partial charge in [-0.1, -0.05) is 61.9 Å². The van der Waals surface area contributed by atoms with E-state index in [9.17, 15) is 9.59 Å². The number of imidazole rings is 1. The molecule has 0 aliphatic carbocycles. The summed E-state index contributed by atoms with van der Waals surface area (Å²) in [5, 5.41) is 17.9. The Labute approximate surface area is 227 Å². The summed E-state index contributed by atoms with van der Waals surface area (Å²) in [4.78, 5) is 27.0. The zero-order valence-corrected chi connectivity index (χ0v) is 21.9. The van der Waals surface area contributed by atoms with Gasteiger partial charge in [0.1, 0.15) is 11.6 Å². The highest BCUT2D eigenvalue weighted by molar-refractivity contribution is 5.87. The second kappa shape index (κ2) is 12.6. The molecule has 198 valence electrons. The molecule has 0 bridgehead atoms. The van der Waals surface area contributed by atoms with E-state index in [0.29, 0.717) is 0 Å². The summed E-state index contributed by atoms with van der Waals surface area (Å²) in [6.07, 6.45) is 7.32. The van der Waals surface area contributed by atoms with Gasteiger partial charge in [-0.05, 0) is 54.0 Å². The number of carboxylic acid groups (broad SMARTS) is 2. The van der Waals surface area contributed by atoms with Crippen molar-refractivity contribution >= 4 is 24.1 Å². The van der Waals surface area contributed by atoms with Gasteiger partial charge in [0, 0.05) is 35.4 Å². The van der Waals surface area contributed by atoms with Crippen molar-refractivity contribution in [1.29, 1.82) is 0 Å². The van der Waals surface area contributed by atoms with Crippen LogP contribution in [0.2, 0.25) is 0 Å². The van der Waals surface area contributed by atoms with E-state index in [2.05, 4.69) is 11.5 Å². The molecule has 4 aromatic rings. The molecule has 2 N–H and O–H groups in total. The van der Waals surface area contributed by atoms with Gasteiger partial charge in [0.2, 0.25) is 0 Å². The molecule has 0 fully saturated rings. The largest absolute Gasteiger partial charge is 0.497 e. The molecule has 1 aromatic heterocycles. The molecular formula is C32H30N2O5. The smallest absolute Gasteiger partial charge is 0.328 e. The highest BCUT2D eigenvalue weighted by Crippen LogP contribution is 2.37. The van der Waals surface area contributed by atoms with Crippen LogP contribution in [0.15, 0.2) is 84.9 Å². The summed E-state index contributed by atoms with van der Waals surface area (Å²) in [7, 11) is 1.64. The maximum absolute atomic E-state index is 10.9. The number of nitrogens with zero attached hydrogens (tertiary/aromatic N) is 2. The number of aromatic nitrogens is 2. The Morgan fingerprint density at radius 3 is 1.79 bits per heavy atom. The third kappa shape index (κ3) is 6.70. The van der Waals surface area contributed by atoms with Crippen LogP contribution in [0.25, 0.3) is 46.1 Å². The molecule has 0 aliphatic rings. The van der Waals surface area contributed by atoms with Gasteiger partial charge in [-0.15, -0.1) is 0 Å². The highest BCUT2D eigenvalue weighted by atomic mass is 16.5. The zero-order valence-electron chi connectivity index (χ0n) is 21.9. The van der Waals surface area contributed by atoms with E-state index in [-0.39, 0.29) is 0 Å². The quantitative estimate of drug-likeness (QED) is 0.208. The number of rotatable bonds is 11. The zero-order chi connectivity index (χ0) is 27.8. The minimum atomic E-state index is -0.998. The highest BCUT2D eigenvalue weighted by Gasteiger charge is 2.21. The molecule has 0 spiro atoms. The summed E-state index contributed by atoms with van der Waals surface area (Å²) >= 11 is 0. The number of unbranched alkanes of at least 4 members (excludes halogenated alkanes) is 1. The van der Waals surface area contributed by atoms with Crippen molar-refractivity contribution in [3.05, 3.63) is 96.1 Å². The number of hydrogen-bond donors (Lipinski definition) is 2. The molecule has 0 saturated carbocycles. The maximum atomic E-state index is 10.9. The predicted octanol–water partition coefficient (Wildman–Crippen LogP) is 6.89. The van der Waals surface area contributed by atoms with Crippen LogP contribution in [0.3, 0.4) is 0 Å². The number of hydrogen-bond acceptors (Lipinski definition) is 4. The summed E-state index contributed by atoms with van der Waals surface area (Å²) in [6.45, 7) is 2.91. The lowest BCUT2D eigenvalue weighted by Crippen LogP contribution is -2.03. The molecular weight excluding hydrogens is 492 g/mol. The van der Waals surface area contributed by atoms with Crippen molar-refractivity contribution in [2.45, 2.75) is 26.3 Å². The minimum Gasteiger partial charge on any atom is -0.497 e. The number of methoxy groups -OCH3 is 1. The average molecular weight is 523 g/mol. The van der Waals surface area contributed by atoms with Crippen molar-refractivity contribution in [2.24, 2.45) is 0 Å². The van der Waals surface area contributed by atoms with Crippen molar-refractivity contribution in [1.82, 2.24) is 9.55 Å². The van der Waals surface area contributed by atoms with E-state index in [4.69, 9.17) is 19.9 Å². The number of aliphatic carboxylic acids is 2. The number of ether oxygens (including phenoxy) is 1. The van der Waals surface area contributed by atoms with Crippen LogP contribution in [0.1, 0.15) is 30.9 Å². The van der Waals surface area contributed by atoms with Crippen LogP contribution >= 0.6 is 0 Å². The lowest BCUT2D eigenvalue weighted by Gasteiger charge is -2.14. The summed E-state index contributed by atoms with van der Waals surface area (Å²) in [5.74, 6) is -0.395.